The fourth-order valence-electron chi connectivity index (χ4n) is 5.26. The Hall–Kier alpha value is -1.58. The standard InChI is InChI=1S/C20H24N2O/c23-12-13-5-7-18-14(11-13)6-8-19-20-16(9-10-22(18)19)15-3-1-2-4-17(15)21-20/h1-4,11,14,18-19,21,23H,5-10,12H2/t14-,18+,19-/m1/s1. The lowest BCUT2D eigenvalue weighted by Gasteiger charge is -2.49. The van der Waals surface area contributed by atoms with E-state index >= 15 is 0 Å². The first-order valence-corrected chi connectivity index (χ1v) is 9.01. The third-order valence-electron chi connectivity index (χ3n) is 6.31. The average molecular weight is 308 g/mol. The minimum absolute atomic E-state index is 0.249. The van der Waals surface area contributed by atoms with Crippen LogP contribution in [-0.4, -0.2) is 34.2 Å². The van der Waals surface area contributed by atoms with Crippen LogP contribution in [0.25, 0.3) is 10.9 Å². The fourth-order valence-corrected chi connectivity index (χ4v) is 5.26. The smallest absolute Gasteiger partial charge is 0.0641 e. The van der Waals surface area contributed by atoms with Crippen LogP contribution in [-0.2, 0) is 6.42 Å². The molecule has 23 heavy (non-hydrogen) atoms. The van der Waals surface area contributed by atoms with E-state index in [1.54, 1.807) is 5.56 Å². The molecule has 0 radical (unpaired) electrons. The lowest BCUT2D eigenvalue weighted by Crippen LogP contribution is -2.50. The number of fused-ring (bicyclic) bond motifs is 7. The quantitative estimate of drug-likeness (QED) is 0.791. The molecular formula is C20H24N2O. The molecule has 3 heteroatoms. The number of hydrogen-bond donors (Lipinski definition) is 2. The van der Waals surface area contributed by atoms with Crippen LogP contribution in [0.3, 0.4) is 0 Å². The second-order valence-corrected chi connectivity index (χ2v) is 7.40. The van der Waals surface area contributed by atoms with Gasteiger partial charge in [-0.3, -0.25) is 4.90 Å². The van der Waals surface area contributed by atoms with Crippen LogP contribution in [0.5, 0.6) is 0 Å². The van der Waals surface area contributed by atoms with Crippen LogP contribution in [0.15, 0.2) is 35.9 Å². The third kappa shape index (κ3) is 2.03. The van der Waals surface area contributed by atoms with Gasteiger partial charge in [-0.15, -0.1) is 0 Å². The number of aromatic nitrogens is 1. The van der Waals surface area contributed by atoms with Gasteiger partial charge in [0.1, 0.15) is 0 Å². The third-order valence-corrected chi connectivity index (χ3v) is 6.31. The average Bonchev–Trinajstić information content (AvgIpc) is 2.99. The van der Waals surface area contributed by atoms with Crippen LogP contribution < -0.4 is 0 Å². The molecule has 1 fully saturated rings. The van der Waals surface area contributed by atoms with Gasteiger partial charge in [-0.25, -0.2) is 0 Å². The highest BCUT2D eigenvalue weighted by Crippen LogP contribution is 2.46. The summed E-state index contributed by atoms with van der Waals surface area (Å²) in [6.45, 7) is 1.43. The summed E-state index contributed by atoms with van der Waals surface area (Å²) in [4.78, 5) is 6.49. The number of nitrogens with zero attached hydrogens (tertiary/aromatic N) is 1. The number of benzene rings is 1. The number of H-pyrrole nitrogens is 1. The van der Waals surface area contributed by atoms with E-state index in [2.05, 4.69) is 40.2 Å². The van der Waals surface area contributed by atoms with E-state index in [1.165, 1.54) is 48.0 Å². The molecular weight excluding hydrogens is 284 g/mol. The predicted octanol–water partition coefficient (Wildman–Crippen LogP) is 3.56. The fraction of sp³-hybridized carbons (Fsp3) is 0.500. The van der Waals surface area contributed by atoms with Gasteiger partial charge in [-0.2, -0.15) is 0 Å². The predicted molar refractivity (Wildman–Crippen MR) is 92.4 cm³/mol. The minimum Gasteiger partial charge on any atom is -0.392 e. The van der Waals surface area contributed by atoms with Crippen molar-refractivity contribution in [3.8, 4) is 0 Å². The SMILES string of the molecule is OCC1=C[C@H]2CC[C@@H]3c4[nH]c5ccccc5c4CCN3[C@H]2CC1. The van der Waals surface area contributed by atoms with Gasteiger partial charge in [0.15, 0.2) is 0 Å². The van der Waals surface area contributed by atoms with Crippen molar-refractivity contribution in [3.05, 3.63) is 47.2 Å². The molecule has 2 aliphatic heterocycles. The molecule has 120 valence electrons. The summed E-state index contributed by atoms with van der Waals surface area (Å²) in [5, 5.41) is 10.9. The highest BCUT2D eigenvalue weighted by Gasteiger charge is 2.41. The Morgan fingerprint density at radius 1 is 1.13 bits per heavy atom. The highest BCUT2D eigenvalue weighted by molar-refractivity contribution is 5.85. The Labute approximate surface area is 137 Å². The van der Waals surface area contributed by atoms with Crippen LogP contribution in [0.1, 0.15) is 43.0 Å². The molecule has 5 rings (SSSR count). The van der Waals surface area contributed by atoms with Gasteiger partial charge in [0.25, 0.3) is 0 Å². The minimum atomic E-state index is 0.249. The molecule has 1 aromatic heterocycles. The number of rotatable bonds is 1. The Bertz CT molecular complexity index is 775. The lowest BCUT2D eigenvalue weighted by molar-refractivity contribution is 0.0357. The maximum absolute atomic E-state index is 9.44. The van der Waals surface area contributed by atoms with Crippen molar-refractivity contribution in [1.82, 2.24) is 9.88 Å². The maximum atomic E-state index is 9.44. The van der Waals surface area contributed by atoms with E-state index in [0.29, 0.717) is 18.0 Å². The zero-order chi connectivity index (χ0) is 15.4. The van der Waals surface area contributed by atoms with E-state index in [9.17, 15) is 5.11 Å². The van der Waals surface area contributed by atoms with Gasteiger partial charge >= 0.3 is 0 Å². The Morgan fingerprint density at radius 3 is 2.96 bits per heavy atom. The van der Waals surface area contributed by atoms with Crippen molar-refractivity contribution >= 4 is 10.9 Å². The van der Waals surface area contributed by atoms with Crippen LogP contribution >= 0.6 is 0 Å². The second-order valence-electron chi connectivity index (χ2n) is 7.40. The number of piperidine rings is 1. The molecule has 3 aliphatic rings. The maximum Gasteiger partial charge on any atom is 0.0641 e. The number of nitrogens with one attached hydrogen (secondary N) is 1. The number of aromatic amines is 1. The van der Waals surface area contributed by atoms with Crippen molar-refractivity contribution in [2.24, 2.45) is 5.92 Å². The summed E-state index contributed by atoms with van der Waals surface area (Å²) in [6, 6.07) is 9.99. The molecule has 1 saturated heterocycles. The van der Waals surface area contributed by atoms with Crippen molar-refractivity contribution in [1.29, 1.82) is 0 Å². The zero-order valence-electron chi connectivity index (χ0n) is 13.5. The van der Waals surface area contributed by atoms with Gasteiger partial charge in [0.05, 0.1) is 12.6 Å². The first-order valence-electron chi connectivity index (χ1n) is 9.01. The van der Waals surface area contributed by atoms with Crippen LogP contribution in [0.4, 0.5) is 0 Å². The van der Waals surface area contributed by atoms with Gasteiger partial charge < -0.3 is 10.1 Å². The second kappa shape index (κ2) is 5.22. The summed E-state index contributed by atoms with van der Waals surface area (Å²) < 4.78 is 0. The summed E-state index contributed by atoms with van der Waals surface area (Å²) in [5.41, 5.74) is 5.59. The van der Waals surface area contributed by atoms with Crippen molar-refractivity contribution in [2.75, 3.05) is 13.2 Å². The Balaban J connectivity index is 1.52. The Morgan fingerprint density at radius 2 is 2.04 bits per heavy atom. The molecule has 0 amide bonds. The summed E-state index contributed by atoms with van der Waals surface area (Å²) in [6.07, 6.45) is 8.31. The number of hydrogen-bond acceptors (Lipinski definition) is 2. The topological polar surface area (TPSA) is 39.3 Å². The monoisotopic (exact) mass is 308 g/mol. The van der Waals surface area contributed by atoms with Gasteiger partial charge in [0, 0.05) is 29.2 Å². The normalized spacial score (nSPS) is 30.5. The molecule has 1 aliphatic carbocycles. The van der Waals surface area contributed by atoms with Crippen molar-refractivity contribution in [3.63, 3.8) is 0 Å². The van der Waals surface area contributed by atoms with E-state index in [1.807, 2.05) is 0 Å². The van der Waals surface area contributed by atoms with E-state index in [-0.39, 0.29) is 6.61 Å². The largest absolute Gasteiger partial charge is 0.392 e. The molecule has 0 unspecified atom stereocenters. The molecule has 3 nitrogen and oxygen atoms in total. The molecule has 3 atom stereocenters. The van der Waals surface area contributed by atoms with Crippen molar-refractivity contribution in [2.45, 2.75) is 44.2 Å². The van der Waals surface area contributed by atoms with Gasteiger partial charge in [0.2, 0.25) is 0 Å². The Kier molecular flexibility index (Phi) is 3.14. The molecule has 0 saturated carbocycles. The van der Waals surface area contributed by atoms with E-state index in [0.717, 1.165) is 12.8 Å². The van der Waals surface area contributed by atoms with Crippen LogP contribution in [0, 0.1) is 5.92 Å². The molecule has 1 aromatic carbocycles. The first-order chi connectivity index (χ1) is 11.3. The molecule has 0 spiro atoms. The molecule has 0 bridgehead atoms. The lowest BCUT2D eigenvalue weighted by atomic mass is 9.75. The molecule has 3 heterocycles. The van der Waals surface area contributed by atoms with Gasteiger partial charge in [-0.05, 0) is 55.2 Å². The molecule has 2 aromatic rings. The number of aliphatic hydroxyl groups is 1. The number of para-hydroxylation sites is 1. The van der Waals surface area contributed by atoms with Gasteiger partial charge in [-0.1, -0.05) is 24.3 Å². The van der Waals surface area contributed by atoms with E-state index in [4.69, 9.17) is 0 Å². The summed E-state index contributed by atoms with van der Waals surface area (Å²) in [5.74, 6) is 0.646. The molecule has 2 N–H and O–H groups in total. The summed E-state index contributed by atoms with van der Waals surface area (Å²) >= 11 is 0. The van der Waals surface area contributed by atoms with Crippen LogP contribution in [0.2, 0.25) is 0 Å². The van der Waals surface area contributed by atoms with E-state index < -0.39 is 0 Å². The first kappa shape index (κ1) is 13.8. The summed E-state index contributed by atoms with van der Waals surface area (Å²) in [7, 11) is 0. The van der Waals surface area contributed by atoms with Crippen molar-refractivity contribution < 1.29 is 5.11 Å². The number of aliphatic hydroxyl groups excluding tert-OH is 1. The zero-order valence-corrected chi connectivity index (χ0v) is 13.5. The highest BCUT2D eigenvalue weighted by atomic mass is 16.3.